The van der Waals surface area contributed by atoms with Crippen molar-refractivity contribution in [3.05, 3.63) is 45.6 Å². The normalized spacial score (nSPS) is 12.3. The number of hydrogen-bond acceptors (Lipinski definition) is 7. The maximum absolute atomic E-state index is 9.27. The Hall–Kier alpha value is -2.14. The molecule has 1 atom stereocenters. The molecule has 0 spiro atoms. The van der Waals surface area contributed by atoms with Crippen LogP contribution in [0.3, 0.4) is 0 Å². The van der Waals surface area contributed by atoms with Crippen LogP contribution in [0.1, 0.15) is 16.6 Å². The lowest BCUT2D eigenvalue weighted by molar-refractivity contribution is 0.315. The zero-order valence-corrected chi connectivity index (χ0v) is 14.4. The van der Waals surface area contributed by atoms with Crippen molar-refractivity contribution in [2.24, 2.45) is 0 Å². The second-order valence-electron chi connectivity index (χ2n) is 5.16. The molecule has 0 amide bonds. The minimum Gasteiger partial charge on any atom is -0.418 e. The van der Waals surface area contributed by atoms with Crippen molar-refractivity contribution in [2.75, 3.05) is 26.0 Å². The average Bonchev–Trinajstić information content (AvgIpc) is 3.28. The summed E-state index contributed by atoms with van der Waals surface area (Å²) < 4.78 is 5.75. The van der Waals surface area contributed by atoms with Crippen LogP contribution in [-0.4, -0.2) is 30.5 Å². The van der Waals surface area contributed by atoms with Crippen LogP contribution in [0.5, 0.6) is 0 Å². The summed E-state index contributed by atoms with van der Waals surface area (Å²) in [6.45, 7) is 0.640. The first-order chi connectivity index (χ1) is 11.2. The van der Waals surface area contributed by atoms with Crippen LogP contribution >= 0.6 is 22.7 Å². The van der Waals surface area contributed by atoms with Gasteiger partial charge < -0.3 is 14.6 Å². The van der Waals surface area contributed by atoms with Crippen molar-refractivity contribution in [3.8, 4) is 16.8 Å². The molecule has 0 saturated heterocycles. The standard InChI is InChI=1S/C16H16N4OS2/c1-20(2)12(13-5-3-7-22-13)10-18-15-11(9-17)19-16(21-15)14-6-4-8-23-14/h3-8,12,18H,10H2,1-2H3/t12-/m0/s1. The highest BCUT2D eigenvalue weighted by Gasteiger charge is 2.19. The summed E-state index contributed by atoms with van der Waals surface area (Å²) in [5, 5.41) is 16.5. The Morgan fingerprint density at radius 1 is 1.30 bits per heavy atom. The molecule has 23 heavy (non-hydrogen) atoms. The van der Waals surface area contributed by atoms with Gasteiger partial charge in [-0.25, -0.2) is 0 Å². The first-order valence-corrected chi connectivity index (χ1v) is 8.83. The number of nitrogens with zero attached hydrogens (tertiary/aromatic N) is 3. The molecule has 7 heteroatoms. The quantitative estimate of drug-likeness (QED) is 0.731. The molecule has 1 N–H and O–H groups in total. The van der Waals surface area contributed by atoms with E-state index in [0.29, 0.717) is 18.3 Å². The van der Waals surface area contributed by atoms with E-state index in [1.807, 2.05) is 37.7 Å². The van der Waals surface area contributed by atoms with Crippen LogP contribution in [0.25, 0.3) is 10.8 Å². The maximum atomic E-state index is 9.27. The van der Waals surface area contributed by atoms with Crippen molar-refractivity contribution < 1.29 is 4.42 Å². The summed E-state index contributed by atoms with van der Waals surface area (Å²) in [5.74, 6) is 0.913. The van der Waals surface area contributed by atoms with Crippen molar-refractivity contribution in [1.82, 2.24) is 9.88 Å². The topological polar surface area (TPSA) is 65.1 Å². The predicted octanol–water partition coefficient (Wildman–Crippen LogP) is 4.05. The van der Waals surface area contributed by atoms with Gasteiger partial charge in [0.25, 0.3) is 0 Å². The van der Waals surface area contributed by atoms with Crippen LogP contribution in [0, 0.1) is 11.3 Å². The van der Waals surface area contributed by atoms with Crippen molar-refractivity contribution in [1.29, 1.82) is 5.26 Å². The Kier molecular flexibility index (Phi) is 4.76. The Labute approximate surface area is 142 Å². The average molecular weight is 344 g/mol. The lowest BCUT2D eigenvalue weighted by atomic mass is 10.2. The van der Waals surface area contributed by atoms with E-state index in [1.165, 1.54) is 16.2 Å². The van der Waals surface area contributed by atoms with Gasteiger partial charge in [-0.2, -0.15) is 10.2 Å². The van der Waals surface area contributed by atoms with Crippen LogP contribution in [0.4, 0.5) is 5.88 Å². The van der Waals surface area contributed by atoms with Gasteiger partial charge in [0.15, 0.2) is 0 Å². The smallest absolute Gasteiger partial charge is 0.240 e. The number of aromatic nitrogens is 1. The van der Waals surface area contributed by atoms with Gasteiger partial charge in [-0.3, -0.25) is 0 Å². The maximum Gasteiger partial charge on any atom is 0.240 e. The van der Waals surface area contributed by atoms with Crippen molar-refractivity contribution in [2.45, 2.75) is 6.04 Å². The van der Waals surface area contributed by atoms with Gasteiger partial charge in [0, 0.05) is 11.4 Å². The highest BCUT2D eigenvalue weighted by molar-refractivity contribution is 7.13. The molecule has 0 aliphatic heterocycles. The Morgan fingerprint density at radius 2 is 2.09 bits per heavy atom. The monoisotopic (exact) mass is 344 g/mol. The van der Waals surface area contributed by atoms with Gasteiger partial charge in [0.05, 0.1) is 10.9 Å². The lowest BCUT2D eigenvalue weighted by Gasteiger charge is -2.23. The molecule has 3 rings (SSSR count). The molecule has 0 unspecified atom stereocenters. The van der Waals surface area contributed by atoms with Gasteiger partial charge in [-0.1, -0.05) is 12.1 Å². The molecule has 118 valence electrons. The van der Waals surface area contributed by atoms with Gasteiger partial charge >= 0.3 is 0 Å². The number of anilines is 1. The molecule has 0 bridgehead atoms. The molecular formula is C16H16N4OS2. The fourth-order valence-electron chi connectivity index (χ4n) is 2.23. The molecular weight excluding hydrogens is 328 g/mol. The van der Waals surface area contributed by atoms with Gasteiger partial charge in [-0.05, 0) is 37.0 Å². The van der Waals surface area contributed by atoms with Crippen LogP contribution in [-0.2, 0) is 0 Å². The zero-order chi connectivity index (χ0) is 16.2. The number of thiophene rings is 2. The first-order valence-electron chi connectivity index (χ1n) is 7.07. The number of nitriles is 1. The van der Waals surface area contributed by atoms with Gasteiger partial charge in [-0.15, -0.1) is 22.7 Å². The minimum atomic E-state index is 0.205. The fourth-order valence-corrected chi connectivity index (χ4v) is 3.80. The first kappa shape index (κ1) is 15.7. The van der Waals surface area contributed by atoms with Crippen LogP contribution < -0.4 is 5.32 Å². The van der Waals surface area contributed by atoms with Gasteiger partial charge in [0.1, 0.15) is 6.07 Å². The number of likely N-dealkylation sites (N-methyl/N-ethyl adjacent to an activating group) is 1. The molecule has 0 aliphatic carbocycles. The SMILES string of the molecule is CN(C)[C@@H](CNc1oc(-c2cccs2)nc1C#N)c1cccs1. The second-order valence-corrected chi connectivity index (χ2v) is 7.09. The molecule has 0 saturated carbocycles. The molecule has 0 radical (unpaired) electrons. The second kappa shape index (κ2) is 6.96. The molecule has 0 fully saturated rings. The highest BCUT2D eigenvalue weighted by Crippen LogP contribution is 2.30. The predicted molar refractivity (Wildman–Crippen MR) is 93.8 cm³/mol. The van der Waals surface area contributed by atoms with E-state index in [9.17, 15) is 5.26 Å². The largest absolute Gasteiger partial charge is 0.418 e. The third kappa shape index (κ3) is 3.45. The van der Waals surface area contributed by atoms with E-state index in [2.05, 4.69) is 32.7 Å². The number of rotatable bonds is 6. The van der Waals surface area contributed by atoms with Crippen LogP contribution in [0.15, 0.2) is 39.4 Å². The molecule has 3 aromatic heterocycles. The molecule has 0 aliphatic rings. The Bertz CT molecular complexity index is 785. The third-order valence-corrected chi connectivity index (χ3v) is 5.25. The van der Waals surface area contributed by atoms with Crippen molar-refractivity contribution in [3.63, 3.8) is 0 Å². The minimum absolute atomic E-state index is 0.205. The third-order valence-electron chi connectivity index (χ3n) is 3.42. The Balaban J connectivity index is 1.78. The van der Waals surface area contributed by atoms with E-state index in [0.717, 1.165) is 4.88 Å². The number of nitrogens with one attached hydrogen (secondary N) is 1. The van der Waals surface area contributed by atoms with Gasteiger partial charge in [0.2, 0.25) is 17.5 Å². The molecule has 5 nitrogen and oxygen atoms in total. The van der Waals surface area contributed by atoms with E-state index in [1.54, 1.807) is 11.3 Å². The molecule has 0 aromatic carbocycles. The number of oxazole rings is 1. The summed E-state index contributed by atoms with van der Waals surface area (Å²) in [6, 6.07) is 10.3. The molecule has 3 heterocycles. The summed E-state index contributed by atoms with van der Waals surface area (Å²) in [4.78, 5) is 8.58. The summed E-state index contributed by atoms with van der Waals surface area (Å²) in [5.41, 5.74) is 0.289. The van der Waals surface area contributed by atoms with E-state index in [-0.39, 0.29) is 11.7 Å². The highest BCUT2D eigenvalue weighted by atomic mass is 32.1. The summed E-state index contributed by atoms with van der Waals surface area (Å²) in [6.07, 6.45) is 0. The molecule has 3 aromatic rings. The van der Waals surface area contributed by atoms with E-state index >= 15 is 0 Å². The lowest BCUT2D eigenvalue weighted by Crippen LogP contribution is -2.26. The summed E-state index contributed by atoms with van der Waals surface area (Å²) in [7, 11) is 4.07. The van der Waals surface area contributed by atoms with E-state index in [4.69, 9.17) is 4.42 Å². The zero-order valence-electron chi connectivity index (χ0n) is 12.8. The Morgan fingerprint density at radius 3 is 2.70 bits per heavy atom. The van der Waals surface area contributed by atoms with E-state index < -0.39 is 0 Å². The van der Waals surface area contributed by atoms with Crippen molar-refractivity contribution >= 4 is 28.6 Å². The fraction of sp³-hybridized carbons (Fsp3) is 0.250. The van der Waals surface area contributed by atoms with Crippen LogP contribution in [0.2, 0.25) is 0 Å². The summed E-state index contributed by atoms with van der Waals surface area (Å²) >= 11 is 3.25. The number of hydrogen-bond donors (Lipinski definition) is 1.